The fourth-order valence-corrected chi connectivity index (χ4v) is 7.22. The van der Waals surface area contributed by atoms with Crippen molar-refractivity contribution in [2.45, 2.75) is 70.6 Å². The van der Waals surface area contributed by atoms with Crippen LogP contribution in [0.3, 0.4) is 0 Å². The van der Waals surface area contributed by atoms with Gasteiger partial charge in [0.05, 0.1) is 18.6 Å². The van der Waals surface area contributed by atoms with Crippen LogP contribution in [-0.4, -0.2) is 71.4 Å². The van der Waals surface area contributed by atoms with Gasteiger partial charge in [-0.25, -0.2) is 0 Å². The monoisotopic (exact) mass is 618 g/mol. The molecule has 0 aromatic heterocycles. The van der Waals surface area contributed by atoms with Gasteiger partial charge in [-0.05, 0) is 72.1 Å². The van der Waals surface area contributed by atoms with Crippen LogP contribution in [-0.2, 0) is 20.9 Å². The van der Waals surface area contributed by atoms with Gasteiger partial charge >= 0.3 is 18.9 Å². The number of ether oxygens (including phenoxy) is 1. The number of carbonyl (C=O) groups is 3. The SMILES string of the molecule is CSCC[C@H](NC(=O)c1ccc(CO[C@@H](CC2CCCCC2)C(=O)N2CCSCC2)cc1-c1ccccc1C)C(=O)[O-].[Li+]. The Kier molecular flexibility index (Phi) is 15.0. The van der Waals surface area contributed by atoms with Crippen LogP contribution in [0.25, 0.3) is 11.1 Å². The minimum Gasteiger partial charge on any atom is -0.548 e. The minimum atomic E-state index is -1.29. The van der Waals surface area contributed by atoms with Gasteiger partial charge in [-0.2, -0.15) is 23.5 Å². The van der Waals surface area contributed by atoms with Crippen LogP contribution in [0.5, 0.6) is 0 Å². The number of carboxylic acid groups (broad SMARTS) is 1. The van der Waals surface area contributed by atoms with Gasteiger partial charge in [-0.3, -0.25) is 9.59 Å². The molecule has 228 valence electrons. The van der Waals surface area contributed by atoms with E-state index >= 15 is 0 Å². The molecular formula is C33H43LiN2O5S2. The number of aryl methyl sites for hydroxylation is 1. The topological polar surface area (TPSA) is 98.8 Å². The van der Waals surface area contributed by atoms with Crippen molar-refractivity contribution in [3.8, 4) is 11.1 Å². The maximum atomic E-state index is 13.6. The fraction of sp³-hybridized carbons (Fsp3) is 0.545. The Balaban J connectivity index is 0.00000506. The number of aliphatic carboxylic acids is 1. The Bertz CT molecular complexity index is 1220. The summed E-state index contributed by atoms with van der Waals surface area (Å²) in [5, 5.41) is 14.4. The van der Waals surface area contributed by atoms with Crippen molar-refractivity contribution in [3.05, 3.63) is 59.2 Å². The van der Waals surface area contributed by atoms with Gasteiger partial charge in [-0.15, -0.1) is 0 Å². The number of carbonyl (C=O) groups excluding carboxylic acids is 3. The summed E-state index contributed by atoms with van der Waals surface area (Å²) in [6.45, 7) is 3.76. The minimum absolute atomic E-state index is 0. The third-order valence-corrected chi connectivity index (χ3v) is 9.87. The predicted molar refractivity (Wildman–Crippen MR) is 170 cm³/mol. The first-order valence-electron chi connectivity index (χ1n) is 15.0. The quantitative estimate of drug-likeness (QED) is 0.342. The van der Waals surface area contributed by atoms with Gasteiger partial charge < -0.3 is 24.9 Å². The number of rotatable bonds is 13. The molecule has 43 heavy (non-hydrogen) atoms. The van der Waals surface area contributed by atoms with Gasteiger partial charge in [0.25, 0.3) is 11.8 Å². The van der Waals surface area contributed by atoms with Crippen LogP contribution in [0.2, 0.25) is 0 Å². The molecular weight excluding hydrogens is 575 g/mol. The first kappa shape index (κ1) is 35.6. The number of hydrogen-bond acceptors (Lipinski definition) is 7. The third-order valence-electron chi connectivity index (χ3n) is 8.29. The van der Waals surface area contributed by atoms with Crippen LogP contribution in [0.15, 0.2) is 42.5 Å². The van der Waals surface area contributed by atoms with E-state index in [2.05, 4.69) is 5.32 Å². The van der Waals surface area contributed by atoms with Crippen molar-refractivity contribution >= 4 is 41.3 Å². The summed E-state index contributed by atoms with van der Waals surface area (Å²) in [6.07, 6.45) is 8.42. The summed E-state index contributed by atoms with van der Waals surface area (Å²) in [4.78, 5) is 40.7. The predicted octanol–water partition coefficient (Wildman–Crippen LogP) is 1.70. The number of amides is 2. The molecule has 1 aliphatic heterocycles. The van der Waals surface area contributed by atoms with Crippen LogP contribution in [0.1, 0.15) is 66.4 Å². The normalized spacial score (nSPS) is 17.0. The third kappa shape index (κ3) is 10.3. The van der Waals surface area contributed by atoms with Crippen molar-refractivity contribution in [1.29, 1.82) is 0 Å². The molecule has 2 fully saturated rings. The average Bonchev–Trinajstić information content (AvgIpc) is 3.01. The first-order chi connectivity index (χ1) is 20.4. The maximum absolute atomic E-state index is 13.6. The molecule has 2 atom stereocenters. The number of carboxylic acids is 1. The Morgan fingerprint density at radius 1 is 1.07 bits per heavy atom. The van der Waals surface area contributed by atoms with E-state index in [1.54, 1.807) is 6.07 Å². The summed E-state index contributed by atoms with van der Waals surface area (Å²) in [7, 11) is 0. The second kappa shape index (κ2) is 18.2. The van der Waals surface area contributed by atoms with Crippen molar-refractivity contribution < 1.29 is 43.1 Å². The standard InChI is InChI=1S/C33H44N2O5S2.Li/c1-23-8-6-7-11-26(23)28-20-25(12-13-27(28)31(36)34-29(33(38)39)14-17-41-2)22-40-30(21-24-9-4-3-5-10-24)32(37)35-15-18-42-19-16-35;/h6-8,11-13,20,24,29-30H,3-5,9-10,14-19,21-22H2,1-2H3,(H,34,36)(H,38,39);/q;+1/p-1/t29-,30-;/m0./s1. The average molecular weight is 619 g/mol. The van der Waals surface area contributed by atoms with Crippen molar-refractivity contribution in [2.24, 2.45) is 5.92 Å². The number of hydrogen-bond donors (Lipinski definition) is 1. The summed E-state index contributed by atoms with van der Waals surface area (Å²) in [5.74, 6) is 1.36. The number of thioether (sulfide) groups is 2. The molecule has 2 aromatic carbocycles. The largest absolute Gasteiger partial charge is 1.00 e. The Labute approximate surface area is 276 Å². The van der Waals surface area contributed by atoms with Gasteiger partial charge in [-0.1, -0.05) is 62.4 Å². The van der Waals surface area contributed by atoms with Crippen molar-refractivity contribution in [3.63, 3.8) is 0 Å². The van der Waals surface area contributed by atoms with Gasteiger partial charge in [0, 0.05) is 30.2 Å². The maximum Gasteiger partial charge on any atom is 1.00 e. The molecule has 2 amide bonds. The molecule has 4 rings (SSSR count). The Hall–Kier alpha value is -1.89. The Morgan fingerprint density at radius 3 is 2.47 bits per heavy atom. The van der Waals surface area contributed by atoms with Crippen LogP contribution < -0.4 is 29.3 Å². The zero-order chi connectivity index (χ0) is 29.9. The number of nitrogens with zero attached hydrogens (tertiary/aromatic N) is 1. The molecule has 0 spiro atoms. The summed E-state index contributed by atoms with van der Waals surface area (Å²) in [6, 6.07) is 12.2. The first-order valence-corrected chi connectivity index (χ1v) is 17.6. The van der Waals surface area contributed by atoms with Crippen molar-refractivity contribution in [1.82, 2.24) is 10.2 Å². The molecule has 2 aromatic rings. The molecule has 1 N–H and O–H groups in total. The molecule has 1 heterocycles. The van der Waals surface area contributed by atoms with E-state index in [4.69, 9.17) is 4.74 Å². The number of nitrogens with one attached hydrogen (secondary N) is 1. The Morgan fingerprint density at radius 2 is 1.79 bits per heavy atom. The molecule has 10 heteroatoms. The molecule has 0 unspecified atom stereocenters. The summed E-state index contributed by atoms with van der Waals surface area (Å²) >= 11 is 3.40. The molecule has 1 aliphatic carbocycles. The van der Waals surface area contributed by atoms with E-state index in [1.807, 2.05) is 66.2 Å². The molecule has 1 saturated heterocycles. The molecule has 2 aliphatic rings. The van der Waals surface area contributed by atoms with E-state index in [0.29, 0.717) is 22.8 Å². The van der Waals surface area contributed by atoms with Gasteiger partial charge in [0.1, 0.15) is 6.10 Å². The van der Waals surface area contributed by atoms with Gasteiger partial charge in [0.2, 0.25) is 0 Å². The molecule has 0 bridgehead atoms. The van der Waals surface area contributed by atoms with E-state index in [0.717, 1.165) is 60.5 Å². The number of benzene rings is 2. The molecule has 1 saturated carbocycles. The second-order valence-electron chi connectivity index (χ2n) is 11.3. The molecule has 7 nitrogen and oxygen atoms in total. The zero-order valence-electron chi connectivity index (χ0n) is 25.8. The van der Waals surface area contributed by atoms with E-state index < -0.39 is 24.0 Å². The van der Waals surface area contributed by atoms with Crippen LogP contribution in [0.4, 0.5) is 0 Å². The second-order valence-corrected chi connectivity index (χ2v) is 13.5. The van der Waals surface area contributed by atoms with E-state index in [1.165, 1.54) is 31.0 Å². The summed E-state index contributed by atoms with van der Waals surface area (Å²) < 4.78 is 6.42. The van der Waals surface area contributed by atoms with E-state index in [9.17, 15) is 19.5 Å². The van der Waals surface area contributed by atoms with Crippen LogP contribution in [0, 0.1) is 12.8 Å². The zero-order valence-corrected chi connectivity index (χ0v) is 27.4. The van der Waals surface area contributed by atoms with Crippen molar-refractivity contribution in [2.75, 3.05) is 36.6 Å². The van der Waals surface area contributed by atoms with E-state index in [-0.39, 0.29) is 37.8 Å². The van der Waals surface area contributed by atoms with Crippen LogP contribution >= 0.6 is 23.5 Å². The fourth-order valence-electron chi connectivity index (χ4n) is 5.85. The van der Waals surface area contributed by atoms with Gasteiger partial charge in [0.15, 0.2) is 0 Å². The summed E-state index contributed by atoms with van der Waals surface area (Å²) in [5.41, 5.74) is 3.84. The molecule has 0 radical (unpaired) electrons. The smallest absolute Gasteiger partial charge is 0.548 e.